The van der Waals surface area contributed by atoms with Gasteiger partial charge in [-0.2, -0.15) is 0 Å². The van der Waals surface area contributed by atoms with E-state index in [2.05, 4.69) is 39.5 Å². The van der Waals surface area contributed by atoms with Crippen molar-refractivity contribution >= 4 is 0 Å². The highest BCUT2D eigenvalue weighted by molar-refractivity contribution is 5.33. The molecule has 2 saturated heterocycles. The molecule has 0 aromatic heterocycles. The Hall–Kier alpha value is -0.350. The first-order chi connectivity index (χ1) is 20.6. The number of hydrogen-bond donors (Lipinski definition) is 3. The van der Waals surface area contributed by atoms with Crippen LogP contribution < -0.4 is 0 Å². The van der Waals surface area contributed by atoms with Gasteiger partial charge < -0.3 is 29.5 Å². The normalized spacial score (nSPS) is 53.9. The minimum atomic E-state index is -1.25. The second-order valence-electron chi connectivity index (χ2n) is 18.1. The van der Waals surface area contributed by atoms with Gasteiger partial charge in [-0.15, -0.1) is 0 Å². The lowest BCUT2D eigenvalue weighted by Crippen LogP contribution is -2.60. The average Bonchev–Trinajstić information content (AvgIpc) is 3.59. The lowest BCUT2D eigenvalue weighted by molar-refractivity contribution is -0.249. The Morgan fingerprint density at radius 2 is 1.75 bits per heavy atom. The molecule has 8 heteroatoms. The van der Waals surface area contributed by atoms with Gasteiger partial charge >= 0.3 is 0 Å². The minimum absolute atomic E-state index is 0.0143. The minimum Gasteiger partial charge on any atom is -0.390 e. The molecule has 2 heterocycles. The lowest BCUT2D eigenvalue weighted by atomic mass is 9.41. The Labute approximate surface area is 264 Å². The second-order valence-corrected chi connectivity index (χ2v) is 18.1. The molecule has 7 fully saturated rings. The van der Waals surface area contributed by atoms with Crippen molar-refractivity contribution in [1.82, 2.24) is 4.90 Å². The summed E-state index contributed by atoms with van der Waals surface area (Å²) in [7, 11) is 0. The SMILES string of the molecule is C[C@@H]1CC(C(O)C(C)(C)O)OC2[C@H]1C1(C)CCC34CC35CCC(O[C@H]3CN(CCF)CCO3)C(C)(C)[C@@H]5CCC4[C@]1(C)[C@H]2O. The van der Waals surface area contributed by atoms with Crippen LogP contribution in [0.1, 0.15) is 99.8 Å². The standard InChI is InChI=1S/C36H60FNO6/c1-21-18-22(29(39)32(4,5)41)43-28-27(21)33(6)12-13-36-20-35(36)11-10-25(44-26-19-38(15-14-37)16-17-42-26)31(2,3)23(35)8-9-24(36)34(33,7)30(28)40/h21-30,39-41H,8-20H2,1-7H3/t21-,22?,23+,24?,25?,26+,27+,28?,29?,30+,33?,34-,35?,36?/m1/s1. The maximum absolute atomic E-state index is 13.0. The third-order valence-corrected chi connectivity index (χ3v) is 15.7. The predicted molar refractivity (Wildman–Crippen MR) is 165 cm³/mol. The molecule has 14 atom stereocenters. The van der Waals surface area contributed by atoms with Crippen LogP contribution in [-0.2, 0) is 14.2 Å². The van der Waals surface area contributed by atoms with E-state index in [4.69, 9.17) is 14.2 Å². The van der Waals surface area contributed by atoms with Crippen molar-refractivity contribution in [2.24, 2.45) is 50.7 Å². The van der Waals surface area contributed by atoms with E-state index in [1.54, 1.807) is 13.8 Å². The summed E-state index contributed by atoms with van der Waals surface area (Å²) in [5.74, 6) is 1.56. The van der Waals surface area contributed by atoms with Gasteiger partial charge in [0.2, 0.25) is 0 Å². The van der Waals surface area contributed by atoms with Gasteiger partial charge in [0.05, 0.1) is 36.6 Å². The largest absolute Gasteiger partial charge is 0.390 e. The monoisotopic (exact) mass is 621 g/mol. The van der Waals surface area contributed by atoms with Gasteiger partial charge in [-0.05, 0) is 111 Å². The summed E-state index contributed by atoms with van der Waals surface area (Å²) in [6.07, 6.45) is 6.27. The molecule has 44 heavy (non-hydrogen) atoms. The van der Waals surface area contributed by atoms with Crippen molar-refractivity contribution in [1.29, 1.82) is 0 Å². The van der Waals surface area contributed by atoms with Crippen LogP contribution in [0.4, 0.5) is 4.39 Å². The molecule has 5 aliphatic carbocycles. The molecule has 8 unspecified atom stereocenters. The maximum atomic E-state index is 13.0. The Morgan fingerprint density at radius 1 is 1.05 bits per heavy atom. The lowest BCUT2D eigenvalue weighted by Gasteiger charge is -2.64. The summed E-state index contributed by atoms with van der Waals surface area (Å²) in [4.78, 5) is 2.12. The van der Waals surface area contributed by atoms with Gasteiger partial charge in [-0.3, -0.25) is 4.90 Å². The Morgan fingerprint density at radius 3 is 2.45 bits per heavy atom. The molecular formula is C36H60FNO6. The quantitative estimate of drug-likeness (QED) is 0.387. The van der Waals surface area contributed by atoms with E-state index >= 15 is 0 Å². The number of aliphatic hydroxyl groups excluding tert-OH is 2. The highest BCUT2D eigenvalue weighted by atomic mass is 19.1. The molecule has 7 rings (SSSR count). The summed E-state index contributed by atoms with van der Waals surface area (Å²) < 4.78 is 32.5. The highest BCUT2D eigenvalue weighted by Gasteiger charge is 2.84. The number of nitrogens with zero attached hydrogens (tertiary/aromatic N) is 1. The van der Waals surface area contributed by atoms with Crippen molar-refractivity contribution in [3.63, 3.8) is 0 Å². The molecule has 7 nitrogen and oxygen atoms in total. The Balaban J connectivity index is 1.13. The van der Waals surface area contributed by atoms with Crippen LogP contribution in [-0.4, -0.2) is 95.5 Å². The molecule has 5 saturated carbocycles. The van der Waals surface area contributed by atoms with Crippen LogP contribution in [0.2, 0.25) is 0 Å². The zero-order valence-corrected chi connectivity index (χ0v) is 28.4. The van der Waals surface area contributed by atoms with Crippen molar-refractivity contribution in [2.45, 2.75) is 142 Å². The number of alkyl halides is 1. The van der Waals surface area contributed by atoms with E-state index in [1.165, 1.54) is 19.3 Å². The van der Waals surface area contributed by atoms with Crippen molar-refractivity contribution < 1.29 is 33.9 Å². The molecule has 0 amide bonds. The predicted octanol–water partition coefficient (Wildman–Crippen LogP) is 4.94. The van der Waals surface area contributed by atoms with Gasteiger partial charge in [0, 0.05) is 25.0 Å². The number of morpholine rings is 1. The first-order valence-electron chi connectivity index (χ1n) is 17.9. The summed E-state index contributed by atoms with van der Waals surface area (Å²) in [6, 6.07) is 0. The van der Waals surface area contributed by atoms with Crippen LogP contribution in [0.15, 0.2) is 0 Å². The summed E-state index contributed by atoms with van der Waals surface area (Å²) in [6.45, 7) is 17.4. The van der Waals surface area contributed by atoms with E-state index in [0.29, 0.717) is 49.3 Å². The molecule has 0 aromatic rings. The van der Waals surface area contributed by atoms with Gasteiger partial charge in [-0.25, -0.2) is 4.39 Å². The fourth-order valence-corrected chi connectivity index (χ4v) is 13.5. The van der Waals surface area contributed by atoms with Crippen LogP contribution in [0.3, 0.4) is 0 Å². The van der Waals surface area contributed by atoms with Gasteiger partial charge in [0.15, 0.2) is 6.29 Å². The molecule has 0 aromatic carbocycles. The molecule has 2 spiro atoms. The topological polar surface area (TPSA) is 91.6 Å². The van der Waals surface area contributed by atoms with E-state index in [9.17, 15) is 19.7 Å². The van der Waals surface area contributed by atoms with Crippen molar-refractivity contribution in [2.75, 3.05) is 32.9 Å². The summed E-state index contributed by atoms with van der Waals surface area (Å²) in [5.41, 5.74) is -0.971. The third-order valence-electron chi connectivity index (χ3n) is 15.7. The van der Waals surface area contributed by atoms with Crippen LogP contribution in [0.5, 0.6) is 0 Å². The molecule has 0 bridgehead atoms. The van der Waals surface area contributed by atoms with Crippen LogP contribution in [0, 0.1) is 50.7 Å². The third kappa shape index (κ3) is 4.16. The van der Waals surface area contributed by atoms with Crippen molar-refractivity contribution in [3.8, 4) is 0 Å². The van der Waals surface area contributed by atoms with Gasteiger partial charge in [0.25, 0.3) is 0 Å². The first-order valence-corrected chi connectivity index (χ1v) is 17.9. The fourth-order valence-electron chi connectivity index (χ4n) is 13.5. The maximum Gasteiger partial charge on any atom is 0.170 e. The fraction of sp³-hybridized carbons (Fsp3) is 1.00. The van der Waals surface area contributed by atoms with Gasteiger partial charge in [0.1, 0.15) is 12.8 Å². The number of hydrogen-bond acceptors (Lipinski definition) is 7. The van der Waals surface area contributed by atoms with E-state index in [-0.39, 0.29) is 52.8 Å². The molecular weight excluding hydrogens is 561 g/mol. The average molecular weight is 622 g/mol. The second kappa shape index (κ2) is 10.3. The molecule has 2 aliphatic heterocycles. The highest BCUT2D eigenvalue weighted by Crippen LogP contribution is 2.89. The smallest absolute Gasteiger partial charge is 0.170 e. The van der Waals surface area contributed by atoms with Crippen molar-refractivity contribution in [3.05, 3.63) is 0 Å². The summed E-state index contributed by atoms with van der Waals surface area (Å²) >= 11 is 0. The number of ether oxygens (including phenoxy) is 3. The zero-order valence-electron chi connectivity index (χ0n) is 28.4. The number of halogens is 1. The van der Waals surface area contributed by atoms with E-state index < -0.39 is 23.9 Å². The van der Waals surface area contributed by atoms with Crippen LogP contribution in [0.25, 0.3) is 0 Å². The van der Waals surface area contributed by atoms with E-state index in [0.717, 1.165) is 32.2 Å². The van der Waals surface area contributed by atoms with Crippen LogP contribution >= 0.6 is 0 Å². The number of rotatable bonds is 6. The summed E-state index contributed by atoms with van der Waals surface area (Å²) in [5, 5.41) is 34.0. The zero-order chi connectivity index (χ0) is 31.7. The molecule has 7 aliphatic rings. The van der Waals surface area contributed by atoms with E-state index in [1.807, 2.05) is 0 Å². The number of fused-ring (bicyclic) bond motifs is 4. The number of aliphatic hydroxyl groups is 3. The van der Waals surface area contributed by atoms with Gasteiger partial charge in [-0.1, -0.05) is 34.6 Å². The molecule has 3 N–H and O–H groups in total. The Bertz CT molecular complexity index is 1110. The molecule has 252 valence electrons. The molecule has 0 radical (unpaired) electrons. The first kappa shape index (κ1) is 32.2. The Kier molecular flexibility index (Phi) is 7.56.